The molecule has 0 bridgehead atoms. The maximum atomic E-state index is 13.7. The summed E-state index contributed by atoms with van der Waals surface area (Å²) in [6, 6.07) is 21.0. The van der Waals surface area contributed by atoms with Crippen LogP contribution in [0.3, 0.4) is 0 Å². The van der Waals surface area contributed by atoms with E-state index < -0.39 is 11.5 Å². The van der Waals surface area contributed by atoms with Crippen LogP contribution in [0.15, 0.2) is 75.9 Å². The minimum Gasteiger partial charge on any atom is -0.422 e. The van der Waals surface area contributed by atoms with Crippen LogP contribution in [-0.2, 0) is 0 Å². The summed E-state index contributed by atoms with van der Waals surface area (Å²) < 4.78 is 6.58. The van der Waals surface area contributed by atoms with Gasteiger partial charge in [0.1, 0.15) is 11.1 Å². The summed E-state index contributed by atoms with van der Waals surface area (Å²) in [5, 5.41) is 3.28. The van der Waals surface area contributed by atoms with E-state index in [-0.39, 0.29) is 18.0 Å². The highest BCUT2D eigenvalue weighted by atomic mass is 35.5. The minimum absolute atomic E-state index is 0. The predicted molar refractivity (Wildman–Crippen MR) is 142 cm³/mol. The molecule has 0 atom stereocenters. The monoisotopic (exact) mass is 493 g/mol. The van der Waals surface area contributed by atoms with Gasteiger partial charge in [-0.15, -0.1) is 12.4 Å². The zero-order chi connectivity index (χ0) is 22.9. The molecule has 2 heterocycles. The minimum atomic E-state index is -0.637. The highest BCUT2D eigenvalue weighted by Gasteiger charge is 2.25. The van der Waals surface area contributed by atoms with Crippen molar-refractivity contribution < 1.29 is 9.21 Å². The van der Waals surface area contributed by atoms with Gasteiger partial charge in [-0.05, 0) is 62.1 Å². The third-order valence-corrected chi connectivity index (χ3v) is 6.68. The molecule has 0 saturated carbocycles. The molecule has 5 aromatic rings. The number of benzene rings is 3. The van der Waals surface area contributed by atoms with Gasteiger partial charge in [-0.25, -0.2) is 9.78 Å². The van der Waals surface area contributed by atoms with Crippen LogP contribution >= 0.6 is 23.7 Å². The van der Waals surface area contributed by atoms with E-state index in [1.807, 2.05) is 68.7 Å². The summed E-state index contributed by atoms with van der Waals surface area (Å²) in [4.78, 5) is 34.9. The van der Waals surface area contributed by atoms with Crippen LogP contribution in [0, 0.1) is 0 Å². The highest BCUT2D eigenvalue weighted by molar-refractivity contribution is 7.22. The Morgan fingerprint density at radius 1 is 0.971 bits per heavy atom. The van der Waals surface area contributed by atoms with Gasteiger partial charge in [0.05, 0.1) is 10.2 Å². The molecule has 6 nitrogen and oxygen atoms in total. The number of nitrogens with zero attached hydrogens (tertiary/aromatic N) is 3. The summed E-state index contributed by atoms with van der Waals surface area (Å²) >= 11 is 1.45. The zero-order valence-corrected chi connectivity index (χ0v) is 20.5. The van der Waals surface area contributed by atoms with Crippen LogP contribution in [0.25, 0.3) is 32.0 Å². The Morgan fingerprint density at radius 2 is 1.74 bits per heavy atom. The maximum Gasteiger partial charge on any atom is 0.349 e. The number of amides is 1. The molecular weight excluding hydrogens is 470 g/mol. The number of aromatic nitrogens is 1. The number of fused-ring (bicyclic) bond motifs is 4. The van der Waals surface area contributed by atoms with Crippen LogP contribution in [-0.4, -0.2) is 43.0 Å². The predicted octanol–water partition coefficient (Wildman–Crippen LogP) is 5.58. The van der Waals surface area contributed by atoms with Crippen LogP contribution in [0.1, 0.15) is 16.8 Å². The molecule has 5 rings (SSSR count). The first-order chi connectivity index (χ1) is 16.0. The second-order valence-corrected chi connectivity index (χ2v) is 9.23. The number of rotatable bonds is 6. The van der Waals surface area contributed by atoms with Crippen molar-refractivity contribution in [2.45, 2.75) is 6.42 Å². The molecule has 8 heteroatoms. The van der Waals surface area contributed by atoms with Crippen molar-refractivity contribution in [1.29, 1.82) is 0 Å². The van der Waals surface area contributed by atoms with Crippen molar-refractivity contribution in [3.8, 4) is 0 Å². The van der Waals surface area contributed by atoms with Gasteiger partial charge in [0.25, 0.3) is 5.91 Å². The normalized spacial score (nSPS) is 11.3. The number of carbonyl (C=O) groups excluding carboxylic acids is 1. The molecule has 1 amide bonds. The molecule has 0 aliphatic carbocycles. The average Bonchev–Trinajstić information content (AvgIpc) is 3.24. The molecule has 3 aromatic carbocycles. The quantitative estimate of drug-likeness (QED) is 0.228. The Hall–Kier alpha value is -3.26. The van der Waals surface area contributed by atoms with Crippen molar-refractivity contribution in [3.05, 3.63) is 82.7 Å². The number of hydrogen-bond acceptors (Lipinski definition) is 6. The van der Waals surface area contributed by atoms with Crippen LogP contribution in [0.4, 0.5) is 5.13 Å². The summed E-state index contributed by atoms with van der Waals surface area (Å²) in [5.74, 6) is -0.392. The van der Waals surface area contributed by atoms with Crippen molar-refractivity contribution >= 4 is 66.7 Å². The Morgan fingerprint density at radius 3 is 2.53 bits per heavy atom. The third kappa shape index (κ3) is 4.55. The number of halogens is 1. The Balaban J connectivity index is 0.00000274. The van der Waals surface area contributed by atoms with Crippen molar-refractivity contribution in [2.24, 2.45) is 0 Å². The molecule has 0 aliphatic rings. The second-order valence-electron chi connectivity index (χ2n) is 8.22. The van der Waals surface area contributed by atoms with Gasteiger partial charge in [-0.1, -0.05) is 53.8 Å². The molecule has 0 N–H and O–H groups in total. The first kappa shape index (κ1) is 23.9. The van der Waals surface area contributed by atoms with E-state index in [1.165, 1.54) is 11.3 Å². The molecule has 2 aromatic heterocycles. The number of anilines is 1. The van der Waals surface area contributed by atoms with Gasteiger partial charge in [-0.2, -0.15) is 0 Å². The molecule has 0 saturated heterocycles. The third-order valence-electron chi connectivity index (χ3n) is 5.62. The topological polar surface area (TPSA) is 66.7 Å². The standard InChI is InChI=1S/C26H23N3O3S.ClH/c1-28(2)14-7-15-29(26-27-21-10-5-6-11-23(21)33-26)24(30)20-16-19-18-9-4-3-8-17(18)12-13-22(19)32-25(20)31;/h3-6,8-13,16H,7,14-15H2,1-2H3;1H. The van der Waals surface area contributed by atoms with Crippen molar-refractivity contribution in [3.63, 3.8) is 0 Å². The molecule has 0 aliphatic heterocycles. The van der Waals surface area contributed by atoms with Crippen molar-refractivity contribution in [2.75, 3.05) is 32.1 Å². The van der Waals surface area contributed by atoms with Gasteiger partial charge in [0.15, 0.2) is 5.13 Å². The summed E-state index contributed by atoms with van der Waals surface area (Å²) in [7, 11) is 3.99. The molecular formula is C26H24ClN3O3S. The van der Waals surface area contributed by atoms with E-state index in [0.29, 0.717) is 17.3 Å². The lowest BCUT2D eigenvalue weighted by atomic mass is 10.0. The maximum absolute atomic E-state index is 13.7. The molecule has 34 heavy (non-hydrogen) atoms. The number of para-hydroxylation sites is 1. The van der Waals surface area contributed by atoms with Gasteiger partial charge < -0.3 is 9.32 Å². The van der Waals surface area contributed by atoms with Crippen molar-refractivity contribution in [1.82, 2.24) is 9.88 Å². The fraction of sp³-hybridized carbons (Fsp3) is 0.192. The summed E-state index contributed by atoms with van der Waals surface area (Å²) in [5.41, 5.74) is 0.679. The number of thiazole rings is 1. The Kier molecular flexibility index (Phi) is 6.97. The van der Waals surface area contributed by atoms with E-state index in [9.17, 15) is 9.59 Å². The lowest BCUT2D eigenvalue weighted by molar-refractivity contribution is 0.0982. The Bertz CT molecular complexity index is 1510. The van der Waals surface area contributed by atoms with Gasteiger partial charge >= 0.3 is 5.63 Å². The summed E-state index contributed by atoms with van der Waals surface area (Å²) in [6.45, 7) is 1.26. The molecule has 0 spiro atoms. The largest absolute Gasteiger partial charge is 0.422 e. The van der Waals surface area contributed by atoms with E-state index >= 15 is 0 Å². The zero-order valence-electron chi connectivity index (χ0n) is 18.9. The van der Waals surface area contributed by atoms with E-state index in [1.54, 1.807) is 17.0 Å². The lowest BCUT2D eigenvalue weighted by Gasteiger charge is -2.20. The average molecular weight is 494 g/mol. The molecule has 0 fully saturated rings. The highest BCUT2D eigenvalue weighted by Crippen LogP contribution is 2.30. The molecule has 0 unspecified atom stereocenters. The number of hydrogen-bond donors (Lipinski definition) is 0. The lowest BCUT2D eigenvalue weighted by Crippen LogP contribution is -2.36. The summed E-state index contributed by atoms with van der Waals surface area (Å²) in [6.07, 6.45) is 0.747. The fourth-order valence-electron chi connectivity index (χ4n) is 3.97. The van der Waals surface area contributed by atoms with Gasteiger partial charge in [0.2, 0.25) is 0 Å². The van der Waals surface area contributed by atoms with Gasteiger partial charge in [0, 0.05) is 11.9 Å². The van der Waals surface area contributed by atoms with Crippen LogP contribution in [0.2, 0.25) is 0 Å². The Labute approximate surface area is 206 Å². The van der Waals surface area contributed by atoms with E-state index in [4.69, 9.17) is 4.42 Å². The van der Waals surface area contributed by atoms with Crippen LogP contribution in [0.5, 0.6) is 0 Å². The van der Waals surface area contributed by atoms with E-state index in [0.717, 1.165) is 39.3 Å². The molecule has 0 radical (unpaired) electrons. The first-order valence-corrected chi connectivity index (χ1v) is 11.6. The van der Waals surface area contributed by atoms with Crippen LogP contribution < -0.4 is 10.5 Å². The molecule has 174 valence electrons. The smallest absolute Gasteiger partial charge is 0.349 e. The SMILES string of the molecule is CN(C)CCCN(C(=O)c1cc2c(ccc3ccccc32)oc1=O)c1nc2ccccc2s1.Cl. The first-order valence-electron chi connectivity index (χ1n) is 10.8. The van der Waals surface area contributed by atoms with Gasteiger partial charge in [-0.3, -0.25) is 9.69 Å². The second kappa shape index (κ2) is 9.93. The fourth-order valence-corrected chi connectivity index (χ4v) is 4.96. The number of carbonyl (C=O) groups is 1. The van der Waals surface area contributed by atoms with E-state index in [2.05, 4.69) is 9.88 Å².